The average Bonchev–Trinajstić information content (AvgIpc) is 2.33. The zero-order chi connectivity index (χ0) is 14.3. The van der Waals surface area contributed by atoms with Gasteiger partial charge in [0.2, 0.25) is 10.0 Å². The molecule has 0 aliphatic rings. The zero-order valence-corrected chi connectivity index (χ0v) is 12.3. The van der Waals surface area contributed by atoms with Gasteiger partial charge in [-0.25, -0.2) is 12.8 Å². The van der Waals surface area contributed by atoms with Gasteiger partial charge in [0.25, 0.3) is 0 Å². The van der Waals surface area contributed by atoms with Gasteiger partial charge in [-0.2, -0.15) is 0 Å². The lowest BCUT2D eigenvalue weighted by Crippen LogP contribution is -2.19. The largest absolute Gasteiger partial charge is 0.317 e. The van der Waals surface area contributed by atoms with E-state index in [1.54, 1.807) is 0 Å². The molecular formula is C12H18ClFN2O2S. The molecule has 0 fully saturated rings. The van der Waals surface area contributed by atoms with Crippen molar-refractivity contribution in [2.24, 2.45) is 0 Å². The third-order valence-electron chi connectivity index (χ3n) is 2.46. The molecular weight excluding hydrogens is 291 g/mol. The van der Waals surface area contributed by atoms with Crippen molar-refractivity contribution in [3.63, 3.8) is 0 Å². The summed E-state index contributed by atoms with van der Waals surface area (Å²) in [6.07, 6.45) is 1.31. The van der Waals surface area contributed by atoms with Crippen LogP contribution in [0.25, 0.3) is 0 Å². The van der Waals surface area contributed by atoms with Crippen LogP contribution in [0.2, 0.25) is 5.02 Å². The fourth-order valence-corrected chi connectivity index (χ4v) is 2.92. The second-order valence-corrected chi connectivity index (χ2v) is 6.35. The summed E-state index contributed by atoms with van der Waals surface area (Å²) in [6, 6.07) is 3.56. The Hall–Kier alpha value is -0.850. The van der Waals surface area contributed by atoms with Crippen LogP contribution in [-0.2, 0) is 10.0 Å². The van der Waals surface area contributed by atoms with Crippen LogP contribution >= 0.6 is 11.6 Å². The van der Waals surface area contributed by atoms with Gasteiger partial charge in [-0.15, -0.1) is 0 Å². The van der Waals surface area contributed by atoms with Crippen molar-refractivity contribution in [2.45, 2.75) is 19.8 Å². The van der Waals surface area contributed by atoms with Crippen LogP contribution in [0.3, 0.4) is 0 Å². The summed E-state index contributed by atoms with van der Waals surface area (Å²) >= 11 is 5.80. The Morgan fingerprint density at radius 2 is 2.05 bits per heavy atom. The van der Waals surface area contributed by atoms with Crippen LogP contribution in [0.4, 0.5) is 10.1 Å². The number of anilines is 1. The van der Waals surface area contributed by atoms with Gasteiger partial charge in [-0.1, -0.05) is 18.5 Å². The second kappa shape index (κ2) is 7.67. The van der Waals surface area contributed by atoms with Gasteiger partial charge in [0.15, 0.2) is 0 Å². The molecule has 0 unspecified atom stereocenters. The first-order valence-electron chi connectivity index (χ1n) is 6.11. The summed E-state index contributed by atoms with van der Waals surface area (Å²) in [7, 11) is -3.49. The first kappa shape index (κ1) is 16.2. The molecule has 0 saturated carbocycles. The van der Waals surface area contributed by atoms with Gasteiger partial charge in [0.05, 0.1) is 16.5 Å². The Morgan fingerprint density at radius 3 is 2.74 bits per heavy atom. The van der Waals surface area contributed by atoms with E-state index < -0.39 is 15.8 Å². The van der Waals surface area contributed by atoms with Crippen LogP contribution in [0.1, 0.15) is 19.8 Å². The first-order chi connectivity index (χ1) is 8.94. The van der Waals surface area contributed by atoms with Crippen molar-refractivity contribution in [3.8, 4) is 0 Å². The van der Waals surface area contributed by atoms with Crippen LogP contribution < -0.4 is 10.0 Å². The monoisotopic (exact) mass is 308 g/mol. The number of hydrogen-bond acceptors (Lipinski definition) is 3. The molecule has 1 aromatic rings. The standard InChI is InChI=1S/C12H18ClFN2O2S/c1-2-15-7-3-4-8-19(17,18)16-12-9-10(14)5-6-11(12)13/h5-6,9,15-16H,2-4,7-8H2,1H3. The molecule has 0 aliphatic heterocycles. The zero-order valence-electron chi connectivity index (χ0n) is 10.7. The van der Waals surface area contributed by atoms with E-state index in [0.717, 1.165) is 25.6 Å². The van der Waals surface area contributed by atoms with Gasteiger partial charge in [0, 0.05) is 0 Å². The maximum absolute atomic E-state index is 13.0. The van der Waals surface area contributed by atoms with E-state index in [1.165, 1.54) is 12.1 Å². The molecule has 0 atom stereocenters. The van der Waals surface area contributed by atoms with E-state index in [9.17, 15) is 12.8 Å². The highest BCUT2D eigenvalue weighted by Gasteiger charge is 2.12. The summed E-state index contributed by atoms with van der Waals surface area (Å²) in [6.45, 7) is 3.64. The lowest BCUT2D eigenvalue weighted by Gasteiger charge is -2.09. The number of hydrogen-bond donors (Lipinski definition) is 2. The minimum absolute atomic E-state index is 0.00869. The third-order valence-corrected chi connectivity index (χ3v) is 4.15. The molecule has 1 rings (SSSR count). The fourth-order valence-electron chi connectivity index (χ4n) is 1.51. The summed E-state index contributed by atoms with van der Waals surface area (Å²) in [5, 5.41) is 3.29. The molecule has 0 bridgehead atoms. The van der Waals surface area contributed by atoms with E-state index in [-0.39, 0.29) is 16.5 Å². The number of halogens is 2. The lowest BCUT2D eigenvalue weighted by atomic mass is 10.3. The van der Waals surface area contributed by atoms with Crippen molar-refractivity contribution in [2.75, 3.05) is 23.6 Å². The van der Waals surface area contributed by atoms with Gasteiger partial charge >= 0.3 is 0 Å². The van der Waals surface area contributed by atoms with Crippen molar-refractivity contribution >= 4 is 27.3 Å². The molecule has 7 heteroatoms. The first-order valence-corrected chi connectivity index (χ1v) is 8.14. The molecule has 0 spiro atoms. The topological polar surface area (TPSA) is 58.2 Å². The SMILES string of the molecule is CCNCCCCS(=O)(=O)Nc1cc(F)ccc1Cl. The Balaban J connectivity index is 2.52. The van der Waals surface area contributed by atoms with Gasteiger partial charge in [0.1, 0.15) is 5.82 Å². The Labute approximate surface area is 118 Å². The van der Waals surface area contributed by atoms with Crippen LogP contribution in [-0.4, -0.2) is 27.3 Å². The van der Waals surface area contributed by atoms with E-state index in [2.05, 4.69) is 10.0 Å². The third kappa shape index (κ3) is 6.22. The molecule has 19 heavy (non-hydrogen) atoms. The van der Waals surface area contributed by atoms with Crippen LogP contribution in [0.15, 0.2) is 18.2 Å². The van der Waals surface area contributed by atoms with Crippen molar-refractivity contribution in [1.29, 1.82) is 0 Å². The molecule has 4 nitrogen and oxygen atoms in total. The summed E-state index contributed by atoms with van der Waals surface area (Å²) < 4.78 is 38.9. The maximum Gasteiger partial charge on any atom is 0.232 e. The molecule has 0 amide bonds. The number of benzene rings is 1. The highest BCUT2D eigenvalue weighted by molar-refractivity contribution is 7.92. The normalized spacial score (nSPS) is 11.5. The molecule has 0 saturated heterocycles. The second-order valence-electron chi connectivity index (χ2n) is 4.11. The molecule has 0 aromatic heterocycles. The summed E-state index contributed by atoms with van der Waals surface area (Å²) in [5.41, 5.74) is 0.0772. The number of unbranched alkanes of at least 4 members (excludes halogenated alkanes) is 1. The van der Waals surface area contributed by atoms with E-state index in [1.807, 2.05) is 6.92 Å². The van der Waals surface area contributed by atoms with Gasteiger partial charge in [-0.3, -0.25) is 4.72 Å². The highest BCUT2D eigenvalue weighted by Crippen LogP contribution is 2.23. The number of rotatable bonds is 8. The highest BCUT2D eigenvalue weighted by atomic mass is 35.5. The lowest BCUT2D eigenvalue weighted by molar-refractivity contribution is 0.593. The molecule has 0 heterocycles. The minimum Gasteiger partial charge on any atom is -0.317 e. The maximum atomic E-state index is 13.0. The quantitative estimate of drug-likeness (QED) is 0.726. The van der Waals surface area contributed by atoms with Crippen molar-refractivity contribution < 1.29 is 12.8 Å². The fraction of sp³-hybridized carbons (Fsp3) is 0.500. The summed E-state index contributed by atoms with van der Waals surface area (Å²) in [4.78, 5) is 0. The molecule has 0 aliphatic carbocycles. The summed E-state index contributed by atoms with van der Waals surface area (Å²) in [5.74, 6) is -0.542. The predicted molar refractivity (Wildman–Crippen MR) is 76.6 cm³/mol. The smallest absolute Gasteiger partial charge is 0.232 e. The van der Waals surface area contributed by atoms with E-state index >= 15 is 0 Å². The van der Waals surface area contributed by atoms with Gasteiger partial charge < -0.3 is 5.32 Å². The predicted octanol–water partition coefficient (Wildman–Crippen LogP) is 2.61. The number of sulfonamides is 1. The molecule has 2 N–H and O–H groups in total. The molecule has 0 radical (unpaired) electrons. The Bertz CT molecular complexity index is 508. The molecule has 1 aromatic carbocycles. The minimum atomic E-state index is -3.49. The van der Waals surface area contributed by atoms with Crippen LogP contribution in [0, 0.1) is 5.82 Å². The Kier molecular flexibility index (Phi) is 6.54. The van der Waals surface area contributed by atoms with Crippen molar-refractivity contribution in [3.05, 3.63) is 29.0 Å². The van der Waals surface area contributed by atoms with Crippen LogP contribution in [0.5, 0.6) is 0 Å². The van der Waals surface area contributed by atoms with Crippen molar-refractivity contribution in [1.82, 2.24) is 5.32 Å². The molecule has 108 valence electrons. The van der Waals surface area contributed by atoms with E-state index in [4.69, 9.17) is 11.6 Å². The Morgan fingerprint density at radius 1 is 1.32 bits per heavy atom. The number of nitrogens with one attached hydrogen (secondary N) is 2. The van der Waals surface area contributed by atoms with Gasteiger partial charge in [-0.05, 0) is 44.1 Å². The average molecular weight is 309 g/mol. The van der Waals surface area contributed by atoms with E-state index in [0.29, 0.717) is 6.42 Å².